The van der Waals surface area contributed by atoms with E-state index in [0.29, 0.717) is 5.92 Å². The Hall–Kier alpha value is -1.14. The molecule has 1 aliphatic carbocycles. The van der Waals surface area contributed by atoms with Crippen LogP contribution in [0.2, 0.25) is 0 Å². The number of hydrogen-bond donors (Lipinski definition) is 1. The molecule has 2 unspecified atom stereocenters. The third kappa shape index (κ3) is 3.95. The lowest BCUT2D eigenvalue weighted by molar-refractivity contribution is 0.310. The smallest absolute Gasteiger partial charge is 0.240 e. The molecule has 0 aromatic heterocycles. The van der Waals surface area contributed by atoms with E-state index in [1.54, 1.807) is 6.92 Å². The zero-order valence-corrected chi connectivity index (χ0v) is 13.2. The molecule has 0 radical (unpaired) electrons. The molecule has 0 bridgehead atoms. The van der Waals surface area contributed by atoms with Crippen LogP contribution in [0.15, 0.2) is 23.1 Å². The molecule has 21 heavy (non-hydrogen) atoms. The lowest BCUT2D eigenvalue weighted by atomic mass is 9.87. The lowest BCUT2D eigenvalue weighted by Gasteiger charge is -2.29. The Morgan fingerprint density at radius 2 is 2.05 bits per heavy atom. The molecule has 0 spiro atoms. The topological polar surface area (TPSA) is 55.4 Å². The van der Waals surface area contributed by atoms with E-state index in [1.165, 1.54) is 12.1 Å². The van der Waals surface area contributed by atoms with Crippen molar-refractivity contribution >= 4 is 10.0 Å². The van der Waals surface area contributed by atoms with Gasteiger partial charge in [0.05, 0.1) is 11.5 Å². The fourth-order valence-electron chi connectivity index (χ4n) is 2.68. The van der Waals surface area contributed by atoms with E-state index in [9.17, 15) is 12.8 Å². The standard InChI is InChI=1S/C15H22FNO3S/c1-3-20-15-10-12(8-9-13(15)16)21(18,19)17-14-7-5-4-6-11(14)2/h8-11,14,17H,3-7H2,1-2H3. The minimum Gasteiger partial charge on any atom is -0.491 e. The van der Waals surface area contributed by atoms with Crippen molar-refractivity contribution in [1.29, 1.82) is 0 Å². The van der Waals surface area contributed by atoms with E-state index in [-0.39, 0.29) is 23.3 Å². The first-order chi connectivity index (χ1) is 9.94. The number of rotatable bonds is 5. The van der Waals surface area contributed by atoms with Gasteiger partial charge in [0.2, 0.25) is 10.0 Å². The van der Waals surface area contributed by atoms with Gasteiger partial charge in [-0.1, -0.05) is 19.8 Å². The first-order valence-corrected chi connectivity index (χ1v) is 8.87. The molecule has 2 rings (SSSR count). The molecule has 1 aromatic carbocycles. The molecule has 1 N–H and O–H groups in total. The second kappa shape index (κ2) is 6.75. The molecule has 4 nitrogen and oxygen atoms in total. The van der Waals surface area contributed by atoms with Gasteiger partial charge in [-0.05, 0) is 37.8 Å². The Morgan fingerprint density at radius 3 is 2.71 bits per heavy atom. The van der Waals surface area contributed by atoms with E-state index >= 15 is 0 Å². The van der Waals surface area contributed by atoms with Gasteiger partial charge in [0.25, 0.3) is 0 Å². The van der Waals surface area contributed by atoms with E-state index in [1.807, 2.05) is 0 Å². The largest absolute Gasteiger partial charge is 0.491 e. The Bertz CT molecular complexity index is 589. The summed E-state index contributed by atoms with van der Waals surface area (Å²) in [6, 6.07) is 3.59. The highest BCUT2D eigenvalue weighted by atomic mass is 32.2. The predicted octanol–water partition coefficient (Wildman–Crippen LogP) is 3.08. The van der Waals surface area contributed by atoms with E-state index in [0.717, 1.165) is 31.7 Å². The highest BCUT2D eigenvalue weighted by Gasteiger charge is 2.27. The molecule has 118 valence electrons. The normalized spacial score (nSPS) is 23.0. The van der Waals surface area contributed by atoms with Crippen LogP contribution in [0.4, 0.5) is 4.39 Å². The molecule has 0 aliphatic heterocycles. The second-order valence-corrected chi connectivity index (χ2v) is 7.23. The van der Waals surface area contributed by atoms with Crippen LogP contribution < -0.4 is 9.46 Å². The predicted molar refractivity (Wildman–Crippen MR) is 79.3 cm³/mol. The van der Waals surface area contributed by atoms with Gasteiger partial charge < -0.3 is 4.74 Å². The van der Waals surface area contributed by atoms with Crippen molar-refractivity contribution in [2.45, 2.75) is 50.5 Å². The summed E-state index contributed by atoms with van der Waals surface area (Å²) in [6.07, 6.45) is 4.05. The molecule has 0 saturated heterocycles. The summed E-state index contributed by atoms with van der Waals surface area (Å²) in [6.45, 7) is 4.07. The molecular formula is C15H22FNO3S. The summed E-state index contributed by atoms with van der Waals surface area (Å²) in [7, 11) is -3.65. The Balaban J connectivity index is 2.20. The van der Waals surface area contributed by atoms with Crippen LogP contribution in [0.25, 0.3) is 0 Å². The van der Waals surface area contributed by atoms with Crippen LogP contribution in [0.5, 0.6) is 5.75 Å². The van der Waals surface area contributed by atoms with Gasteiger partial charge in [0.15, 0.2) is 11.6 Å². The van der Waals surface area contributed by atoms with Gasteiger partial charge in [-0.25, -0.2) is 17.5 Å². The minimum atomic E-state index is -3.65. The molecule has 1 saturated carbocycles. The maximum absolute atomic E-state index is 13.5. The third-order valence-electron chi connectivity index (χ3n) is 3.93. The van der Waals surface area contributed by atoms with Gasteiger partial charge in [-0.3, -0.25) is 0 Å². The number of sulfonamides is 1. The Labute approximate surface area is 125 Å². The van der Waals surface area contributed by atoms with Crippen LogP contribution in [0.1, 0.15) is 39.5 Å². The Morgan fingerprint density at radius 1 is 1.33 bits per heavy atom. The summed E-state index contributed by atoms with van der Waals surface area (Å²) in [5.41, 5.74) is 0. The van der Waals surface area contributed by atoms with Gasteiger partial charge in [0.1, 0.15) is 0 Å². The number of halogens is 1. The third-order valence-corrected chi connectivity index (χ3v) is 5.42. The van der Waals surface area contributed by atoms with E-state index < -0.39 is 15.8 Å². The van der Waals surface area contributed by atoms with Crippen molar-refractivity contribution in [3.63, 3.8) is 0 Å². The molecular weight excluding hydrogens is 293 g/mol. The van der Waals surface area contributed by atoms with Gasteiger partial charge in [-0.2, -0.15) is 0 Å². The van der Waals surface area contributed by atoms with Gasteiger partial charge in [0, 0.05) is 12.1 Å². The van der Waals surface area contributed by atoms with Crippen LogP contribution in [0, 0.1) is 11.7 Å². The van der Waals surface area contributed by atoms with Crippen molar-refractivity contribution in [3.05, 3.63) is 24.0 Å². The van der Waals surface area contributed by atoms with Crippen LogP contribution in [-0.4, -0.2) is 21.1 Å². The molecule has 6 heteroatoms. The average Bonchev–Trinajstić information content (AvgIpc) is 2.44. The highest BCUT2D eigenvalue weighted by molar-refractivity contribution is 7.89. The lowest BCUT2D eigenvalue weighted by Crippen LogP contribution is -2.40. The zero-order valence-electron chi connectivity index (χ0n) is 12.4. The fourth-order valence-corrected chi connectivity index (χ4v) is 4.07. The summed E-state index contributed by atoms with van der Waals surface area (Å²) < 4.78 is 46.2. The number of benzene rings is 1. The van der Waals surface area contributed by atoms with E-state index in [2.05, 4.69) is 11.6 Å². The maximum Gasteiger partial charge on any atom is 0.240 e. The molecule has 1 fully saturated rings. The maximum atomic E-state index is 13.5. The van der Waals surface area contributed by atoms with Crippen LogP contribution in [0.3, 0.4) is 0 Å². The first kappa shape index (κ1) is 16.2. The monoisotopic (exact) mass is 315 g/mol. The van der Waals surface area contributed by atoms with Crippen LogP contribution >= 0.6 is 0 Å². The molecule has 2 atom stereocenters. The summed E-state index contributed by atoms with van der Waals surface area (Å²) in [5.74, 6) is -0.265. The fraction of sp³-hybridized carbons (Fsp3) is 0.600. The van der Waals surface area contributed by atoms with Crippen molar-refractivity contribution in [1.82, 2.24) is 4.72 Å². The summed E-state index contributed by atoms with van der Waals surface area (Å²) in [5, 5.41) is 0. The summed E-state index contributed by atoms with van der Waals surface area (Å²) >= 11 is 0. The zero-order chi connectivity index (χ0) is 15.5. The average molecular weight is 315 g/mol. The second-order valence-electron chi connectivity index (χ2n) is 5.51. The highest BCUT2D eigenvalue weighted by Crippen LogP contribution is 2.27. The summed E-state index contributed by atoms with van der Waals surface area (Å²) in [4.78, 5) is 0.0464. The van der Waals surface area contributed by atoms with Crippen molar-refractivity contribution in [2.75, 3.05) is 6.61 Å². The van der Waals surface area contributed by atoms with Gasteiger partial charge >= 0.3 is 0 Å². The number of ether oxygens (including phenoxy) is 1. The number of nitrogens with one attached hydrogen (secondary N) is 1. The van der Waals surface area contributed by atoms with Crippen molar-refractivity contribution in [3.8, 4) is 5.75 Å². The van der Waals surface area contributed by atoms with Crippen molar-refractivity contribution in [2.24, 2.45) is 5.92 Å². The van der Waals surface area contributed by atoms with Crippen molar-refractivity contribution < 1.29 is 17.5 Å². The van der Waals surface area contributed by atoms with E-state index in [4.69, 9.17) is 4.74 Å². The number of hydrogen-bond acceptors (Lipinski definition) is 3. The molecule has 0 amide bonds. The molecule has 0 heterocycles. The quantitative estimate of drug-likeness (QED) is 0.908. The Kier molecular flexibility index (Phi) is 5.22. The van der Waals surface area contributed by atoms with Crippen LogP contribution in [-0.2, 0) is 10.0 Å². The first-order valence-electron chi connectivity index (χ1n) is 7.38. The molecule has 1 aliphatic rings. The minimum absolute atomic E-state index is 0.0305. The SMILES string of the molecule is CCOc1cc(S(=O)(=O)NC2CCCCC2C)ccc1F. The molecule has 1 aromatic rings. The van der Waals surface area contributed by atoms with Gasteiger partial charge in [-0.15, -0.1) is 0 Å².